The molecule has 0 radical (unpaired) electrons. The van der Waals surface area contributed by atoms with Crippen LogP contribution in [0.4, 0.5) is 0 Å². The van der Waals surface area contributed by atoms with Crippen molar-refractivity contribution in [2.45, 2.75) is 19.8 Å². The van der Waals surface area contributed by atoms with Crippen molar-refractivity contribution in [1.29, 1.82) is 0 Å². The van der Waals surface area contributed by atoms with E-state index in [1.54, 1.807) is 0 Å². The molecule has 70 valence electrons. The second kappa shape index (κ2) is 5.44. The van der Waals surface area contributed by atoms with Crippen molar-refractivity contribution in [2.75, 3.05) is 25.5 Å². The monoisotopic (exact) mass is 188 g/mol. The quantitative estimate of drug-likeness (QED) is 0.482. The van der Waals surface area contributed by atoms with Gasteiger partial charge in [-0.1, -0.05) is 13.0 Å². The third-order valence-electron chi connectivity index (χ3n) is 2.09. The van der Waals surface area contributed by atoms with Crippen molar-refractivity contribution in [2.24, 2.45) is 0 Å². The van der Waals surface area contributed by atoms with Gasteiger partial charge in [0.25, 0.3) is 0 Å². The Morgan fingerprint density at radius 3 is 2.92 bits per heavy atom. The van der Waals surface area contributed by atoms with Gasteiger partial charge >= 0.3 is 0 Å². The lowest BCUT2D eigenvalue weighted by molar-refractivity contribution is 0.0570. The third kappa shape index (κ3) is 2.68. The van der Waals surface area contributed by atoms with E-state index in [2.05, 4.69) is 29.2 Å². The Morgan fingerprint density at radius 2 is 2.25 bits per heavy atom. The number of hydrogen-bond donors (Lipinski definition) is 0. The van der Waals surface area contributed by atoms with E-state index in [1.165, 1.54) is 6.42 Å². The molecule has 1 aliphatic heterocycles. The fourth-order valence-corrected chi connectivity index (χ4v) is 1.57. The molecule has 0 aromatic carbocycles. The van der Waals surface area contributed by atoms with Gasteiger partial charge in [0.05, 0.1) is 0 Å². The van der Waals surface area contributed by atoms with Crippen molar-refractivity contribution in [3.63, 3.8) is 0 Å². The molecule has 0 unspecified atom stereocenters. The van der Waals surface area contributed by atoms with Crippen LogP contribution in [-0.2, 0) is 0 Å². The standard InChI is InChI=1S/C9H17ClN2/c1-2-11-8-5-9-12(11)7-4-3-6-10/h5,9H,2-4,6-8H2,1H3. The first-order valence-corrected chi connectivity index (χ1v) is 5.16. The highest BCUT2D eigenvalue weighted by atomic mass is 35.5. The number of halogens is 1. The minimum absolute atomic E-state index is 0.781. The van der Waals surface area contributed by atoms with E-state index in [0.717, 1.165) is 31.9 Å². The molecule has 0 bridgehead atoms. The number of unbranched alkanes of at least 4 members (excludes halogenated alkanes) is 1. The zero-order valence-corrected chi connectivity index (χ0v) is 8.43. The highest BCUT2D eigenvalue weighted by Crippen LogP contribution is 2.08. The average Bonchev–Trinajstić information content (AvgIpc) is 2.52. The molecule has 2 nitrogen and oxygen atoms in total. The lowest BCUT2D eigenvalue weighted by atomic mass is 10.3. The van der Waals surface area contributed by atoms with E-state index in [4.69, 9.17) is 11.6 Å². The number of hydrazine groups is 1. The third-order valence-corrected chi connectivity index (χ3v) is 2.36. The van der Waals surface area contributed by atoms with Gasteiger partial charge in [0, 0.05) is 31.7 Å². The van der Waals surface area contributed by atoms with Gasteiger partial charge in [-0.2, -0.15) is 0 Å². The molecule has 0 saturated carbocycles. The predicted octanol–water partition coefficient (Wildman–Crippen LogP) is 2.07. The van der Waals surface area contributed by atoms with Crippen LogP contribution in [0.25, 0.3) is 0 Å². The SMILES string of the molecule is CCN1CC=CN1CCCCCl. The van der Waals surface area contributed by atoms with Crippen LogP contribution in [-0.4, -0.2) is 35.5 Å². The van der Waals surface area contributed by atoms with Crippen molar-refractivity contribution in [3.8, 4) is 0 Å². The van der Waals surface area contributed by atoms with Crippen LogP contribution in [0.2, 0.25) is 0 Å². The molecule has 12 heavy (non-hydrogen) atoms. The maximum atomic E-state index is 5.61. The topological polar surface area (TPSA) is 6.48 Å². The van der Waals surface area contributed by atoms with Gasteiger partial charge in [-0.3, -0.25) is 0 Å². The van der Waals surface area contributed by atoms with Crippen molar-refractivity contribution in [3.05, 3.63) is 12.3 Å². The van der Waals surface area contributed by atoms with Crippen LogP contribution in [0, 0.1) is 0 Å². The Balaban J connectivity index is 2.17. The lowest BCUT2D eigenvalue weighted by Crippen LogP contribution is -2.35. The van der Waals surface area contributed by atoms with Gasteiger partial charge in [-0.05, 0) is 12.8 Å². The summed E-state index contributed by atoms with van der Waals surface area (Å²) in [4.78, 5) is 0. The molecule has 0 spiro atoms. The molecule has 1 rings (SSSR count). The van der Waals surface area contributed by atoms with Crippen molar-refractivity contribution in [1.82, 2.24) is 10.0 Å². The Morgan fingerprint density at radius 1 is 1.42 bits per heavy atom. The van der Waals surface area contributed by atoms with E-state index in [1.807, 2.05) is 0 Å². The largest absolute Gasteiger partial charge is 0.313 e. The molecule has 0 saturated heterocycles. The molecule has 0 amide bonds. The van der Waals surface area contributed by atoms with Crippen molar-refractivity contribution < 1.29 is 0 Å². The molecule has 3 heteroatoms. The van der Waals surface area contributed by atoms with Crippen molar-refractivity contribution >= 4 is 11.6 Å². The van der Waals surface area contributed by atoms with Crippen LogP contribution in [0.1, 0.15) is 19.8 Å². The average molecular weight is 189 g/mol. The van der Waals surface area contributed by atoms with Crippen LogP contribution in [0.15, 0.2) is 12.3 Å². The normalized spacial score (nSPS) is 17.7. The van der Waals surface area contributed by atoms with Crippen LogP contribution in [0.5, 0.6) is 0 Å². The molecular formula is C9H17ClN2. The molecule has 0 N–H and O–H groups in total. The lowest BCUT2D eigenvalue weighted by Gasteiger charge is -2.27. The summed E-state index contributed by atoms with van der Waals surface area (Å²) in [6, 6.07) is 0. The first-order chi connectivity index (χ1) is 5.88. The van der Waals surface area contributed by atoms with Gasteiger partial charge in [-0.15, -0.1) is 11.6 Å². The minimum atomic E-state index is 0.781. The summed E-state index contributed by atoms with van der Waals surface area (Å²) in [7, 11) is 0. The number of alkyl halides is 1. The second-order valence-electron chi connectivity index (χ2n) is 2.95. The number of rotatable bonds is 5. The Bertz CT molecular complexity index is 147. The van der Waals surface area contributed by atoms with E-state index in [0.29, 0.717) is 0 Å². The first kappa shape index (κ1) is 9.87. The highest BCUT2D eigenvalue weighted by molar-refractivity contribution is 6.17. The molecule has 0 fully saturated rings. The Labute approximate surface area is 79.8 Å². The molecule has 1 aliphatic rings. The molecule has 1 heterocycles. The van der Waals surface area contributed by atoms with E-state index < -0.39 is 0 Å². The molecule has 0 atom stereocenters. The maximum Gasteiger partial charge on any atom is 0.0378 e. The van der Waals surface area contributed by atoms with Gasteiger partial charge < -0.3 is 5.01 Å². The summed E-state index contributed by atoms with van der Waals surface area (Å²) in [5.74, 6) is 0.781. The molecular weight excluding hydrogens is 172 g/mol. The van der Waals surface area contributed by atoms with E-state index in [-0.39, 0.29) is 0 Å². The maximum absolute atomic E-state index is 5.61. The van der Waals surface area contributed by atoms with Crippen LogP contribution >= 0.6 is 11.6 Å². The number of nitrogens with zero attached hydrogens (tertiary/aromatic N) is 2. The zero-order valence-electron chi connectivity index (χ0n) is 7.67. The molecule has 0 aromatic heterocycles. The smallest absolute Gasteiger partial charge is 0.0378 e. The Kier molecular flexibility index (Phi) is 4.48. The summed E-state index contributed by atoms with van der Waals surface area (Å²) in [6.45, 7) is 5.45. The van der Waals surface area contributed by atoms with Gasteiger partial charge in [0.15, 0.2) is 0 Å². The minimum Gasteiger partial charge on any atom is -0.313 e. The molecule has 0 aromatic rings. The zero-order chi connectivity index (χ0) is 8.81. The van der Waals surface area contributed by atoms with Gasteiger partial charge in [0.2, 0.25) is 0 Å². The van der Waals surface area contributed by atoms with Crippen LogP contribution in [0.3, 0.4) is 0 Å². The fraction of sp³-hybridized carbons (Fsp3) is 0.778. The number of likely N-dealkylation sites (N-methyl/N-ethyl adjacent to an activating group) is 1. The first-order valence-electron chi connectivity index (χ1n) is 4.62. The second-order valence-corrected chi connectivity index (χ2v) is 3.33. The summed E-state index contributed by atoms with van der Waals surface area (Å²) >= 11 is 5.61. The highest BCUT2D eigenvalue weighted by Gasteiger charge is 2.12. The van der Waals surface area contributed by atoms with Crippen LogP contribution < -0.4 is 0 Å². The van der Waals surface area contributed by atoms with Gasteiger partial charge in [0.1, 0.15) is 0 Å². The number of hydrogen-bond acceptors (Lipinski definition) is 2. The van der Waals surface area contributed by atoms with Gasteiger partial charge in [-0.25, -0.2) is 5.01 Å². The predicted molar refractivity (Wildman–Crippen MR) is 53.0 cm³/mol. The summed E-state index contributed by atoms with van der Waals surface area (Å²) in [5.41, 5.74) is 0. The van der Waals surface area contributed by atoms with E-state index >= 15 is 0 Å². The molecule has 0 aliphatic carbocycles. The summed E-state index contributed by atoms with van der Waals surface area (Å²) in [6.07, 6.45) is 6.66. The van der Waals surface area contributed by atoms with E-state index in [9.17, 15) is 0 Å². The summed E-state index contributed by atoms with van der Waals surface area (Å²) < 4.78 is 0. The Hall–Kier alpha value is -0.210. The summed E-state index contributed by atoms with van der Waals surface area (Å²) in [5, 5.41) is 4.61. The fourth-order valence-electron chi connectivity index (χ4n) is 1.38.